The molecule has 0 aliphatic rings. The Hall–Kier alpha value is -2.64. The van der Waals surface area contributed by atoms with Crippen molar-refractivity contribution in [3.8, 4) is 23.1 Å². The lowest BCUT2D eigenvalue weighted by Crippen LogP contribution is -1.94. The van der Waals surface area contributed by atoms with Crippen LogP contribution in [0.3, 0.4) is 0 Å². The Labute approximate surface area is 138 Å². The third-order valence-electron chi connectivity index (χ3n) is 3.45. The fraction of sp³-hybridized carbons (Fsp3) is 0.111. The first kappa shape index (κ1) is 15.3. The van der Waals surface area contributed by atoms with Gasteiger partial charge in [-0.05, 0) is 49.2 Å². The Morgan fingerprint density at radius 1 is 1.13 bits per heavy atom. The number of benzene rings is 1. The second-order valence-electron chi connectivity index (χ2n) is 5.07. The minimum atomic E-state index is -0.261. The van der Waals surface area contributed by atoms with E-state index in [2.05, 4.69) is 21.9 Å². The van der Waals surface area contributed by atoms with Gasteiger partial charge in [-0.2, -0.15) is 5.10 Å². The number of nitrogens with zero attached hydrogens (tertiary/aromatic N) is 3. The molecule has 0 unspecified atom stereocenters. The number of hydrogen-bond acceptors (Lipinski definition) is 2. The van der Waals surface area contributed by atoms with Gasteiger partial charge in [-0.15, -0.1) is 0 Å². The van der Waals surface area contributed by atoms with E-state index < -0.39 is 0 Å². The quantitative estimate of drug-likeness (QED) is 0.500. The second kappa shape index (κ2) is 6.23. The van der Waals surface area contributed by atoms with Crippen LogP contribution in [0, 0.1) is 24.6 Å². The van der Waals surface area contributed by atoms with Gasteiger partial charge >= 0.3 is 0 Å². The van der Waals surface area contributed by atoms with E-state index in [0.29, 0.717) is 10.8 Å². The minimum absolute atomic E-state index is 0.261. The summed E-state index contributed by atoms with van der Waals surface area (Å²) < 4.78 is 14.8. The zero-order chi connectivity index (χ0) is 16.4. The van der Waals surface area contributed by atoms with Crippen LogP contribution in [-0.2, 0) is 7.05 Å². The predicted octanol–water partition coefficient (Wildman–Crippen LogP) is 3.98. The zero-order valence-corrected chi connectivity index (χ0v) is 13.4. The third kappa shape index (κ3) is 3.25. The van der Waals surface area contributed by atoms with Crippen LogP contribution in [0.4, 0.5) is 4.39 Å². The highest BCUT2D eigenvalue weighted by Gasteiger charge is 2.12. The van der Waals surface area contributed by atoms with E-state index in [0.717, 1.165) is 22.4 Å². The molecule has 0 radical (unpaired) electrons. The third-order valence-corrected chi connectivity index (χ3v) is 3.66. The van der Waals surface area contributed by atoms with Crippen LogP contribution < -0.4 is 0 Å². The molecular weight excluding hydrogens is 313 g/mol. The summed E-state index contributed by atoms with van der Waals surface area (Å²) in [7, 11) is 1.85. The molecule has 5 heteroatoms. The molecule has 2 heterocycles. The lowest BCUT2D eigenvalue weighted by atomic mass is 10.1. The predicted molar refractivity (Wildman–Crippen MR) is 88.6 cm³/mol. The van der Waals surface area contributed by atoms with Gasteiger partial charge in [0.1, 0.15) is 16.7 Å². The van der Waals surface area contributed by atoms with Gasteiger partial charge in [-0.3, -0.25) is 4.68 Å². The molecule has 0 saturated carbocycles. The van der Waals surface area contributed by atoms with E-state index in [1.165, 1.54) is 12.1 Å². The normalized spacial score (nSPS) is 10.3. The van der Waals surface area contributed by atoms with E-state index in [1.807, 2.05) is 14.0 Å². The Morgan fingerprint density at radius 2 is 1.87 bits per heavy atom. The van der Waals surface area contributed by atoms with Crippen LogP contribution in [-0.4, -0.2) is 14.8 Å². The fourth-order valence-corrected chi connectivity index (χ4v) is 2.55. The van der Waals surface area contributed by atoms with E-state index in [4.69, 9.17) is 11.6 Å². The Kier molecular flexibility index (Phi) is 4.14. The summed E-state index contributed by atoms with van der Waals surface area (Å²) in [4.78, 5) is 3.92. The van der Waals surface area contributed by atoms with Crippen LogP contribution in [0.15, 0.2) is 42.6 Å². The minimum Gasteiger partial charge on any atom is -0.266 e. The zero-order valence-electron chi connectivity index (χ0n) is 12.6. The van der Waals surface area contributed by atoms with Gasteiger partial charge in [0.25, 0.3) is 0 Å². The summed E-state index contributed by atoms with van der Waals surface area (Å²) in [5, 5.41) is 4.85. The molecular formula is C18H13ClFN3. The largest absolute Gasteiger partial charge is 0.266 e. The van der Waals surface area contributed by atoms with Crippen LogP contribution >= 0.6 is 11.6 Å². The molecule has 0 aliphatic carbocycles. The van der Waals surface area contributed by atoms with Crippen molar-refractivity contribution in [1.29, 1.82) is 0 Å². The summed E-state index contributed by atoms with van der Waals surface area (Å²) >= 11 is 5.85. The van der Waals surface area contributed by atoms with Crippen molar-refractivity contribution in [1.82, 2.24) is 14.8 Å². The van der Waals surface area contributed by atoms with Gasteiger partial charge in [0.05, 0.1) is 5.69 Å². The van der Waals surface area contributed by atoms with Crippen LogP contribution in [0.25, 0.3) is 11.3 Å². The lowest BCUT2D eigenvalue weighted by Gasteiger charge is -2.03. The summed E-state index contributed by atoms with van der Waals surface area (Å²) in [5.74, 6) is 5.83. The average molecular weight is 326 g/mol. The van der Waals surface area contributed by atoms with Crippen molar-refractivity contribution >= 4 is 11.6 Å². The Bertz CT molecular complexity index is 918. The molecule has 0 N–H and O–H groups in total. The maximum Gasteiger partial charge on any atom is 0.139 e. The van der Waals surface area contributed by atoms with Gasteiger partial charge in [0.15, 0.2) is 0 Å². The Balaban J connectivity index is 2.00. The number of pyridine rings is 1. The molecule has 0 bridgehead atoms. The molecule has 0 aliphatic heterocycles. The van der Waals surface area contributed by atoms with E-state index in [-0.39, 0.29) is 5.82 Å². The van der Waals surface area contributed by atoms with Crippen LogP contribution in [0.5, 0.6) is 0 Å². The molecule has 2 aromatic heterocycles. The standard InChI is InChI=1S/C18H13ClFN3/c1-12-16(8-3-13-9-10-21-17(19)11-13)22-23(2)18(12)14-4-6-15(20)7-5-14/h4-7,9-11H,1-2H3. The fourth-order valence-electron chi connectivity index (χ4n) is 2.37. The maximum absolute atomic E-state index is 13.1. The molecule has 0 amide bonds. The molecule has 0 atom stereocenters. The smallest absolute Gasteiger partial charge is 0.139 e. The van der Waals surface area contributed by atoms with Gasteiger partial charge in [0.2, 0.25) is 0 Å². The molecule has 114 valence electrons. The van der Waals surface area contributed by atoms with Crippen molar-refractivity contribution in [2.75, 3.05) is 0 Å². The molecule has 3 rings (SSSR count). The molecule has 1 aromatic carbocycles. The highest BCUT2D eigenvalue weighted by Crippen LogP contribution is 2.25. The van der Waals surface area contributed by atoms with Gasteiger partial charge in [-0.25, -0.2) is 9.37 Å². The van der Waals surface area contributed by atoms with Crippen LogP contribution in [0.2, 0.25) is 5.15 Å². The van der Waals surface area contributed by atoms with Crippen molar-refractivity contribution in [3.63, 3.8) is 0 Å². The SMILES string of the molecule is Cc1c(C#Cc2ccnc(Cl)c2)nn(C)c1-c1ccc(F)cc1. The number of hydrogen-bond donors (Lipinski definition) is 0. The lowest BCUT2D eigenvalue weighted by molar-refractivity contribution is 0.628. The first-order chi connectivity index (χ1) is 11.0. The van der Waals surface area contributed by atoms with Crippen LogP contribution in [0.1, 0.15) is 16.8 Å². The Morgan fingerprint density at radius 3 is 2.57 bits per heavy atom. The van der Waals surface area contributed by atoms with Crippen molar-refractivity contribution in [2.45, 2.75) is 6.92 Å². The van der Waals surface area contributed by atoms with E-state index in [1.54, 1.807) is 35.1 Å². The molecule has 3 aromatic rings. The number of rotatable bonds is 1. The first-order valence-corrected chi connectivity index (χ1v) is 7.35. The topological polar surface area (TPSA) is 30.7 Å². The monoisotopic (exact) mass is 325 g/mol. The van der Waals surface area contributed by atoms with E-state index >= 15 is 0 Å². The van der Waals surface area contributed by atoms with Gasteiger partial charge in [-0.1, -0.05) is 17.5 Å². The number of aryl methyl sites for hydroxylation is 1. The number of halogens is 2. The van der Waals surface area contributed by atoms with Crippen molar-refractivity contribution in [2.24, 2.45) is 7.05 Å². The molecule has 0 fully saturated rings. The molecule has 0 saturated heterocycles. The van der Waals surface area contributed by atoms with Crippen molar-refractivity contribution < 1.29 is 4.39 Å². The first-order valence-electron chi connectivity index (χ1n) is 6.97. The van der Waals surface area contributed by atoms with Crippen molar-refractivity contribution in [3.05, 3.63) is 70.4 Å². The van der Waals surface area contributed by atoms with E-state index in [9.17, 15) is 4.39 Å². The summed E-state index contributed by atoms with van der Waals surface area (Å²) in [6, 6.07) is 9.84. The number of aromatic nitrogens is 3. The molecule has 0 spiro atoms. The highest BCUT2D eigenvalue weighted by atomic mass is 35.5. The average Bonchev–Trinajstić information content (AvgIpc) is 2.81. The van der Waals surface area contributed by atoms with Gasteiger partial charge < -0.3 is 0 Å². The maximum atomic E-state index is 13.1. The summed E-state index contributed by atoms with van der Waals surface area (Å²) in [6.45, 7) is 1.95. The summed E-state index contributed by atoms with van der Waals surface area (Å²) in [5.41, 5.74) is 4.23. The summed E-state index contributed by atoms with van der Waals surface area (Å²) in [6.07, 6.45) is 1.61. The molecule has 3 nitrogen and oxygen atoms in total. The molecule has 23 heavy (non-hydrogen) atoms. The second-order valence-corrected chi connectivity index (χ2v) is 5.46. The highest BCUT2D eigenvalue weighted by molar-refractivity contribution is 6.29. The van der Waals surface area contributed by atoms with Gasteiger partial charge in [0, 0.05) is 29.9 Å².